The lowest BCUT2D eigenvalue weighted by atomic mass is 10.0. The highest BCUT2D eigenvalue weighted by Gasteiger charge is 2.08. The molecule has 1 unspecified atom stereocenters. The Balaban J connectivity index is 0.00000729. The minimum absolute atomic E-state index is 0. The quantitative estimate of drug-likeness (QED) is 0.151. The molecule has 1 rings (SSSR count). The summed E-state index contributed by atoms with van der Waals surface area (Å²) in [7, 11) is 1.58. The summed E-state index contributed by atoms with van der Waals surface area (Å²) >= 11 is 0. The van der Waals surface area contributed by atoms with E-state index in [-0.39, 0.29) is 36.5 Å². The number of halogens is 1. The zero-order chi connectivity index (χ0) is 19.9. The number of nitrogens with one attached hydrogen (secondary N) is 3. The summed E-state index contributed by atoms with van der Waals surface area (Å²) in [5, 5.41) is 18.5. The molecule has 0 bridgehead atoms. The predicted molar refractivity (Wildman–Crippen MR) is 125 cm³/mol. The Kier molecular flexibility index (Phi) is 15.5. The second-order valence-corrected chi connectivity index (χ2v) is 6.30. The van der Waals surface area contributed by atoms with E-state index in [9.17, 15) is 4.79 Å². The molecule has 160 valence electrons. The lowest BCUT2D eigenvalue weighted by Crippen LogP contribution is -2.41. The average molecular weight is 506 g/mol. The van der Waals surface area contributed by atoms with Crippen molar-refractivity contribution in [3.8, 4) is 5.75 Å². The van der Waals surface area contributed by atoms with Crippen molar-refractivity contribution in [1.29, 1.82) is 0 Å². The van der Waals surface area contributed by atoms with Crippen molar-refractivity contribution < 1.29 is 14.6 Å². The number of methoxy groups -OCH3 is 1. The number of carbonyl (C=O) groups excluding carboxylic acids is 1. The zero-order valence-corrected chi connectivity index (χ0v) is 19.5. The maximum Gasteiger partial charge on any atom is 0.251 e. The molecule has 0 aliphatic rings. The van der Waals surface area contributed by atoms with Crippen LogP contribution in [0.1, 0.15) is 43.5 Å². The second kappa shape index (κ2) is 16.4. The molecule has 0 aliphatic heterocycles. The van der Waals surface area contributed by atoms with E-state index < -0.39 is 0 Å². The zero-order valence-electron chi connectivity index (χ0n) is 17.2. The van der Waals surface area contributed by atoms with Gasteiger partial charge in [-0.1, -0.05) is 19.4 Å². The van der Waals surface area contributed by atoms with Crippen LogP contribution in [0.3, 0.4) is 0 Å². The number of aliphatic hydroxyl groups excluding tert-OH is 1. The van der Waals surface area contributed by atoms with Gasteiger partial charge in [0.25, 0.3) is 5.91 Å². The van der Waals surface area contributed by atoms with Crippen LogP contribution in [0.2, 0.25) is 0 Å². The Morgan fingerprint density at radius 3 is 2.57 bits per heavy atom. The second-order valence-electron chi connectivity index (χ2n) is 6.30. The molecule has 0 saturated carbocycles. The van der Waals surface area contributed by atoms with E-state index in [2.05, 4.69) is 27.9 Å². The molecule has 1 atom stereocenters. The number of amides is 1. The van der Waals surface area contributed by atoms with Crippen LogP contribution < -0.4 is 20.7 Å². The van der Waals surface area contributed by atoms with Gasteiger partial charge in [0.2, 0.25) is 0 Å². The molecule has 1 aromatic rings. The van der Waals surface area contributed by atoms with Gasteiger partial charge >= 0.3 is 0 Å². The minimum atomic E-state index is -0.136. The van der Waals surface area contributed by atoms with Crippen molar-refractivity contribution in [1.82, 2.24) is 16.0 Å². The van der Waals surface area contributed by atoms with E-state index in [0.717, 1.165) is 31.8 Å². The maximum atomic E-state index is 12.2. The molecule has 0 aliphatic carbocycles. The molecule has 0 saturated heterocycles. The molecule has 0 aromatic heterocycles. The predicted octanol–water partition coefficient (Wildman–Crippen LogP) is 2.40. The highest BCUT2D eigenvalue weighted by molar-refractivity contribution is 14.0. The first-order valence-corrected chi connectivity index (χ1v) is 9.69. The molecule has 4 N–H and O–H groups in total. The largest absolute Gasteiger partial charge is 0.497 e. The van der Waals surface area contributed by atoms with E-state index in [1.807, 2.05) is 6.92 Å². The summed E-state index contributed by atoms with van der Waals surface area (Å²) < 4.78 is 5.14. The number of aliphatic imine (C=N–C) groups is 1. The molecular weight excluding hydrogens is 471 g/mol. The summed E-state index contributed by atoms with van der Waals surface area (Å²) in [6, 6.07) is 7.07. The van der Waals surface area contributed by atoms with Crippen molar-refractivity contribution in [2.75, 3.05) is 39.9 Å². The molecule has 0 spiro atoms. The minimum Gasteiger partial charge on any atom is -0.497 e. The third-order valence-electron chi connectivity index (χ3n) is 4.12. The Hall–Kier alpha value is -1.55. The summed E-state index contributed by atoms with van der Waals surface area (Å²) in [4.78, 5) is 16.8. The van der Waals surface area contributed by atoms with Gasteiger partial charge in [-0.05, 0) is 43.9 Å². The third kappa shape index (κ3) is 10.7. The van der Waals surface area contributed by atoms with Crippen molar-refractivity contribution >= 4 is 35.8 Å². The first-order chi connectivity index (χ1) is 13.1. The highest BCUT2D eigenvalue weighted by Crippen LogP contribution is 2.12. The third-order valence-corrected chi connectivity index (χ3v) is 4.12. The van der Waals surface area contributed by atoms with Gasteiger partial charge in [0.05, 0.1) is 7.11 Å². The van der Waals surface area contributed by atoms with Crippen molar-refractivity contribution in [2.45, 2.75) is 33.1 Å². The van der Waals surface area contributed by atoms with E-state index in [0.29, 0.717) is 36.9 Å². The van der Waals surface area contributed by atoms with E-state index in [1.54, 1.807) is 31.4 Å². The summed E-state index contributed by atoms with van der Waals surface area (Å²) in [5.74, 6) is 1.64. The molecule has 0 radical (unpaired) electrons. The number of carbonyl (C=O) groups is 1. The van der Waals surface area contributed by atoms with Gasteiger partial charge in [-0.15, -0.1) is 24.0 Å². The Labute approximate surface area is 185 Å². The fourth-order valence-corrected chi connectivity index (χ4v) is 2.70. The molecule has 0 heterocycles. The summed E-state index contributed by atoms with van der Waals surface area (Å²) in [5.41, 5.74) is 0.571. The number of nitrogens with zero attached hydrogens (tertiary/aromatic N) is 1. The van der Waals surface area contributed by atoms with Gasteiger partial charge in [0.1, 0.15) is 5.75 Å². The van der Waals surface area contributed by atoms with Gasteiger partial charge < -0.3 is 25.8 Å². The van der Waals surface area contributed by atoms with Gasteiger partial charge in [-0.2, -0.15) is 0 Å². The number of benzene rings is 1. The molecule has 1 amide bonds. The molecule has 8 heteroatoms. The summed E-state index contributed by atoms with van der Waals surface area (Å²) in [6.45, 7) is 6.85. The molecule has 7 nitrogen and oxygen atoms in total. The summed E-state index contributed by atoms with van der Waals surface area (Å²) in [6.07, 6.45) is 2.91. The van der Waals surface area contributed by atoms with Gasteiger partial charge in [0.15, 0.2) is 5.96 Å². The first kappa shape index (κ1) is 26.4. The average Bonchev–Trinajstić information content (AvgIpc) is 2.69. The number of ether oxygens (including phenoxy) is 1. The van der Waals surface area contributed by atoms with Crippen LogP contribution in [-0.4, -0.2) is 56.9 Å². The number of rotatable bonds is 12. The fraction of sp³-hybridized carbons (Fsp3) is 0.600. The number of hydrogen-bond acceptors (Lipinski definition) is 4. The molecule has 28 heavy (non-hydrogen) atoms. The van der Waals surface area contributed by atoms with E-state index >= 15 is 0 Å². The normalized spacial score (nSPS) is 11.9. The van der Waals surface area contributed by atoms with Crippen molar-refractivity contribution in [3.05, 3.63) is 29.8 Å². The van der Waals surface area contributed by atoms with Gasteiger partial charge in [-0.25, -0.2) is 0 Å². The van der Waals surface area contributed by atoms with Crippen LogP contribution >= 0.6 is 24.0 Å². The molecule has 0 fully saturated rings. The number of aliphatic hydroxyl groups is 1. The van der Waals surface area contributed by atoms with Crippen molar-refractivity contribution in [3.63, 3.8) is 0 Å². The monoisotopic (exact) mass is 506 g/mol. The Morgan fingerprint density at radius 2 is 1.93 bits per heavy atom. The molecule has 1 aromatic carbocycles. The maximum absolute atomic E-state index is 12.2. The number of guanidine groups is 1. The van der Waals surface area contributed by atoms with E-state index in [4.69, 9.17) is 9.84 Å². The fourth-order valence-electron chi connectivity index (χ4n) is 2.70. The van der Waals surface area contributed by atoms with Crippen LogP contribution in [0, 0.1) is 5.92 Å². The van der Waals surface area contributed by atoms with Gasteiger partial charge in [0, 0.05) is 38.3 Å². The Bertz CT molecular complexity index is 578. The van der Waals surface area contributed by atoms with E-state index in [1.165, 1.54) is 0 Å². The highest BCUT2D eigenvalue weighted by atomic mass is 127. The standard InChI is InChI=1S/C20H34N4O3.HI/c1-4-7-16(10-13-25)15-24-20(21-5-2)23-12-11-22-19(26)17-8-6-9-18(14-17)27-3;/h6,8-9,14,16,25H,4-5,7,10-13,15H2,1-3H3,(H,22,26)(H2,21,23,24);1H. The SMILES string of the molecule is CCCC(CCO)CN=C(NCC)NCCNC(=O)c1cccc(OC)c1.I. The van der Waals surface area contributed by atoms with Crippen LogP contribution in [0.15, 0.2) is 29.3 Å². The Morgan fingerprint density at radius 1 is 1.18 bits per heavy atom. The smallest absolute Gasteiger partial charge is 0.251 e. The number of hydrogen-bond donors (Lipinski definition) is 4. The van der Waals surface area contributed by atoms with Gasteiger partial charge in [-0.3, -0.25) is 9.79 Å². The first-order valence-electron chi connectivity index (χ1n) is 9.69. The van der Waals surface area contributed by atoms with Crippen molar-refractivity contribution in [2.24, 2.45) is 10.9 Å². The lowest BCUT2D eigenvalue weighted by molar-refractivity contribution is 0.0954. The van der Waals surface area contributed by atoms with Crippen LogP contribution in [0.25, 0.3) is 0 Å². The van der Waals surface area contributed by atoms with Crippen LogP contribution in [0.4, 0.5) is 0 Å². The molecular formula is C20H35IN4O3. The topological polar surface area (TPSA) is 95.0 Å². The van der Waals surface area contributed by atoms with Crippen LogP contribution in [0.5, 0.6) is 5.75 Å². The van der Waals surface area contributed by atoms with Crippen LogP contribution in [-0.2, 0) is 0 Å². The lowest BCUT2D eigenvalue weighted by Gasteiger charge is -2.15.